The van der Waals surface area contributed by atoms with E-state index in [0.717, 1.165) is 6.42 Å². The number of halogens is 1. The molecule has 0 radical (unpaired) electrons. The van der Waals surface area contributed by atoms with Crippen LogP contribution in [0.4, 0.5) is 5.95 Å². The smallest absolute Gasteiger partial charge is 0.234 e. The maximum atomic E-state index is 11.8. The van der Waals surface area contributed by atoms with E-state index in [2.05, 4.69) is 29.1 Å². The molecule has 2 rings (SSSR count). The zero-order valence-corrected chi connectivity index (χ0v) is 10.7. The fraction of sp³-hybridized carbons (Fsp3) is 0.545. The minimum atomic E-state index is -0.0701. The lowest BCUT2D eigenvalue weighted by molar-refractivity contribution is -0.118. The van der Waals surface area contributed by atoms with Crippen LogP contribution in [0.5, 0.6) is 5.88 Å². The number of carbonyl (C=O) groups excluding carboxylic acids is 1. The summed E-state index contributed by atoms with van der Waals surface area (Å²) in [6, 6.07) is 1.48. The van der Waals surface area contributed by atoms with Gasteiger partial charge >= 0.3 is 0 Å². The molecule has 1 N–H and O–H groups in total. The van der Waals surface area contributed by atoms with Gasteiger partial charge < -0.3 is 4.74 Å². The van der Waals surface area contributed by atoms with Crippen LogP contribution in [0.15, 0.2) is 6.07 Å². The topological polar surface area (TPSA) is 64.1 Å². The Morgan fingerprint density at radius 3 is 2.76 bits per heavy atom. The number of ether oxygens (including phenoxy) is 1. The summed E-state index contributed by atoms with van der Waals surface area (Å²) in [6.45, 7) is 4.10. The molecule has 1 fully saturated rings. The van der Waals surface area contributed by atoms with Crippen molar-refractivity contribution in [3.05, 3.63) is 11.2 Å². The van der Waals surface area contributed by atoms with Gasteiger partial charge in [-0.25, -0.2) is 4.98 Å². The van der Waals surface area contributed by atoms with Crippen LogP contribution in [0.3, 0.4) is 0 Å². The first-order valence-corrected chi connectivity index (χ1v) is 5.69. The van der Waals surface area contributed by atoms with Crippen LogP contribution >= 0.6 is 11.6 Å². The maximum absolute atomic E-state index is 11.8. The summed E-state index contributed by atoms with van der Waals surface area (Å²) in [6.07, 6.45) is 0.885. The number of anilines is 1. The van der Waals surface area contributed by atoms with Crippen molar-refractivity contribution in [1.29, 1.82) is 0 Å². The second-order valence-electron chi connectivity index (χ2n) is 4.79. The summed E-state index contributed by atoms with van der Waals surface area (Å²) in [5, 5.41) is 2.89. The lowest BCUT2D eigenvalue weighted by atomic mass is 10.1. The molecule has 5 nitrogen and oxygen atoms in total. The fourth-order valence-electron chi connectivity index (χ4n) is 1.67. The normalized spacial score (nSPS) is 20.8. The predicted molar refractivity (Wildman–Crippen MR) is 64.1 cm³/mol. The van der Waals surface area contributed by atoms with Crippen molar-refractivity contribution in [3.63, 3.8) is 0 Å². The standard InChI is InChI=1S/C11H14ClN3O2/c1-11(2)5-6(11)9(16)15-10-13-7(12)4-8(14-10)17-3/h4,6H,5H2,1-3H3,(H,13,14,15,16). The zero-order chi connectivity index (χ0) is 12.6. The van der Waals surface area contributed by atoms with Gasteiger partial charge in [-0.1, -0.05) is 25.4 Å². The summed E-state index contributed by atoms with van der Waals surface area (Å²) >= 11 is 5.78. The molecule has 6 heteroatoms. The monoisotopic (exact) mass is 255 g/mol. The number of nitrogens with one attached hydrogen (secondary N) is 1. The second kappa shape index (κ2) is 4.14. The van der Waals surface area contributed by atoms with Crippen LogP contribution in [0, 0.1) is 11.3 Å². The van der Waals surface area contributed by atoms with Crippen molar-refractivity contribution in [2.75, 3.05) is 12.4 Å². The number of hydrogen-bond acceptors (Lipinski definition) is 4. The molecule has 1 aromatic rings. The van der Waals surface area contributed by atoms with E-state index in [1.165, 1.54) is 13.2 Å². The fourth-order valence-corrected chi connectivity index (χ4v) is 1.84. The lowest BCUT2D eigenvalue weighted by Crippen LogP contribution is -2.18. The number of hydrogen-bond donors (Lipinski definition) is 1. The molecule has 1 aliphatic rings. The van der Waals surface area contributed by atoms with E-state index >= 15 is 0 Å². The van der Waals surface area contributed by atoms with Crippen molar-refractivity contribution in [3.8, 4) is 5.88 Å². The summed E-state index contributed by atoms with van der Waals surface area (Å²) in [5.74, 6) is 0.466. The third kappa shape index (κ3) is 2.66. The molecular weight excluding hydrogens is 242 g/mol. The molecule has 0 spiro atoms. The van der Waals surface area contributed by atoms with Gasteiger partial charge in [0.05, 0.1) is 7.11 Å². The first-order valence-electron chi connectivity index (χ1n) is 5.32. The number of carbonyl (C=O) groups is 1. The number of nitrogens with zero attached hydrogens (tertiary/aromatic N) is 2. The van der Waals surface area contributed by atoms with Gasteiger partial charge in [0.1, 0.15) is 5.15 Å². The van der Waals surface area contributed by atoms with E-state index in [4.69, 9.17) is 16.3 Å². The number of rotatable bonds is 3. The van der Waals surface area contributed by atoms with Crippen molar-refractivity contribution in [1.82, 2.24) is 9.97 Å². The summed E-state index contributed by atoms with van der Waals surface area (Å²) in [7, 11) is 1.48. The minimum Gasteiger partial charge on any atom is -0.481 e. The first kappa shape index (κ1) is 12.1. The average Bonchev–Trinajstić information content (AvgIpc) is 2.87. The number of methoxy groups -OCH3 is 1. The highest BCUT2D eigenvalue weighted by molar-refractivity contribution is 6.29. The third-order valence-corrected chi connectivity index (χ3v) is 3.14. The lowest BCUT2D eigenvalue weighted by Gasteiger charge is -2.06. The number of aromatic nitrogens is 2. The van der Waals surface area contributed by atoms with Gasteiger partial charge in [0.15, 0.2) is 0 Å². The Kier molecular flexibility index (Phi) is 2.95. The van der Waals surface area contributed by atoms with E-state index in [-0.39, 0.29) is 28.3 Å². The van der Waals surface area contributed by atoms with Gasteiger partial charge in [-0.3, -0.25) is 10.1 Å². The summed E-state index contributed by atoms with van der Waals surface area (Å²) in [4.78, 5) is 19.7. The molecule has 0 bridgehead atoms. The average molecular weight is 256 g/mol. The quantitative estimate of drug-likeness (QED) is 0.841. The molecule has 0 aliphatic heterocycles. The van der Waals surface area contributed by atoms with Crippen LogP contribution in [0.1, 0.15) is 20.3 Å². The van der Waals surface area contributed by atoms with Gasteiger partial charge in [-0.15, -0.1) is 0 Å². The van der Waals surface area contributed by atoms with E-state index < -0.39 is 0 Å². The second-order valence-corrected chi connectivity index (χ2v) is 5.18. The molecule has 1 atom stereocenters. The highest BCUT2D eigenvalue weighted by Gasteiger charge is 2.50. The van der Waals surface area contributed by atoms with Crippen LogP contribution in [-0.2, 0) is 4.79 Å². The van der Waals surface area contributed by atoms with Gasteiger partial charge in [0.25, 0.3) is 0 Å². The third-order valence-electron chi connectivity index (χ3n) is 2.95. The molecule has 1 amide bonds. The van der Waals surface area contributed by atoms with Crippen molar-refractivity contribution in [2.24, 2.45) is 11.3 Å². The van der Waals surface area contributed by atoms with E-state index in [1.807, 2.05) is 0 Å². The minimum absolute atomic E-state index is 0.0241. The van der Waals surface area contributed by atoms with E-state index in [9.17, 15) is 4.79 Å². The Morgan fingerprint density at radius 2 is 2.24 bits per heavy atom. The van der Waals surface area contributed by atoms with Crippen LogP contribution in [-0.4, -0.2) is 23.0 Å². The first-order chi connectivity index (χ1) is 7.92. The molecule has 1 aliphatic carbocycles. The van der Waals surface area contributed by atoms with Gasteiger partial charge in [-0.05, 0) is 11.8 Å². The van der Waals surface area contributed by atoms with Gasteiger partial charge in [0, 0.05) is 12.0 Å². The van der Waals surface area contributed by atoms with Gasteiger partial charge in [0.2, 0.25) is 17.7 Å². The van der Waals surface area contributed by atoms with E-state index in [0.29, 0.717) is 5.88 Å². The Morgan fingerprint density at radius 1 is 1.59 bits per heavy atom. The Balaban J connectivity index is 2.08. The summed E-state index contributed by atoms with van der Waals surface area (Å²) in [5.41, 5.74) is 0.0761. The Bertz CT molecular complexity index is 462. The molecule has 1 aromatic heterocycles. The SMILES string of the molecule is COc1cc(Cl)nc(NC(=O)C2CC2(C)C)n1. The molecular formula is C11H14ClN3O2. The number of amides is 1. The molecule has 1 unspecified atom stereocenters. The molecule has 1 heterocycles. The zero-order valence-electron chi connectivity index (χ0n) is 9.95. The molecule has 1 saturated carbocycles. The maximum Gasteiger partial charge on any atom is 0.234 e. The molecule has 0 aromatic carbocycles. The van der Waals surface area contributed by atoms with Crippen molar-refractivity contribution in [2.45, 2.75) is 20.3 Å². The van der Waals surface area contributed by atoms with Crippen molar-refractivity contribution >= 4 is 23.5 Å². The Labute approximate surface area is 105 Å². The van der Waals surface area contributed by atoms with Crippen molar-refractivity contribution < 1.29 is 9.53 Å². The highest BCUT2D eigenvalue weighted by atomic mass is 35.5. The van der Waals surface area contributed by atoms with Crippen LogP contribution < -0.4 is 10.1 Å². The van der Waals surface area contributed by atoms with Crippen LogP contribution in [0.25, 0.3) is 0 Å². The largest absolute Gasteiger partial charge is 0.481 e. The Hall–Kier alpha value is -1.36. The predicted octanol–water partition coefficient (Wildman–Crippen LogP) is 2.12. The highest BCUT2D eigenvalue weighted by Crippen LogP contribution is 2.51. The van der Waals surface area contributed by atoms with Gasteiger partial charge in [-0.2, -0.15) is 4.98 Å². The molecule has 0 saturated heterocycles. The van der Waals surface area contributed by atoms with E-state index in [1.54, 1.807) is 0 Å². The molecule has 17 heavy (non-hydrogen) atoms. The van der Waals surface area contributed by atoms with Crippen LogP contribution in [0.2, 0.25) is 5.15 Å². The molecule has 92 valence electrons. The summed E-state index contributed by atoms with van der Waals surface area (Å²) < 4.78 is 4.95.